The summed E-state index contributed by atoms with van der Waals surface area (Å²) in [6, 6.07) is 6.66. The Morgan fingerprint density at radius 1 is 1.21 bits per heavy atom. The van der Waals surface area contributed by atoms with Crippen molar-refractivity contribution in [2.75, 3.05) is 26.2 Å². The van der Waals surface area contributed by atoms with Gasteiger partial charge in [-0.1, -0.05) is 23.2 Å². The number of aromatic nitrogens is 2. The summed E-state index contributed by atoms with van der Waals surface area (Å²) in [7, 11) is 0. The predicted molar refractivity (Wildman–Crippen MR) is 122 cm³/mol. The zero-order valence-corrected chi connectivity index (χ0v) is 18.7. The van der Waals surface area contributed by atoms with Gasteiger partial charge in [0.1, 0.15) is 11.5 Å². The Morgan fingerprint density at radius 3 is 2.70 bits per heavy atom. The highest BCUT2D eigenvalue weighted by Crippen LogP contribution is 2.44. The molecule has 2 aliphatic rings. The number of rotatable bonds is 3. The minimum Gasteiger partial charge on any atom is -0.506 e. The average molecular weight is 489 g/mol. The number of amides is 1. The van der Waals surface area contributed by atoms with Gasteiger partial charge < -0.3 is 19.8 Å². The van der Waals surface area contributed by atoms with Crippen LogP contribution in [-0.2, 0) is 6.54 Å². The molecule has 2 aromatic carbocycles. The molecule has 2 aliphatic heterocycles. The summed E-state index contributed by atoms with van der Waals surface area (Å²) in [5, 5.41) is 28.2. The van der Waals surface area contributed by atoms with E-state index in [1.807, 2.05) is 4.90 Å². The molecule has 1 aromatic heterocycles. The molecule has 0 atom stereocenters. The molecule has 1 fully saturated rings. The molecule has 3 aromatic rings. The molecule has 0 bridgehead atoms. The SMILES string of the molecule is O=C1/C(=C/c2n[nH]c3ccc(Cl)cc23)Oc2c1cc(Cl)c(O)c2CN1CCN(C(=O)O)CC1. The van der Waals surface area contributed by atoms with Crippen LogP contribution in [0, 0.1) is 0 Å². The van der Waals surface area contributed by atoms with Gasteiger partial charge in [-0.05, 0) is 24.3 Å². The van der Waals surface area contributed by atoms with Crippen molar-refractivity contribution >= 4 is 52.1 Å². The molecule has 0 radical (unpaired) electrons. The fourth-order valence-electron chi connectivity index (χ4n) is 4.05. The Morgan fingerprint density at radius 2 is 1.97 bits per heavy atom. The summed E-state index contributed by atoms with van der Waals surface area (Å²) < 4.78 is 5.91. The third-order valence-corrected chi connectivity index (χ3v) is 6.35. The number of allylic oxidation sites excluding steroid dienone is 1. The first kappa shape index (κ1) is 21.6. The number of nitrogens with zero attached hydrogens (tertiary/aromatic N) is 3. The standard InChI is InChI=1S/C22H18Cl2N4O5/c23-11-1-2-16-12(7-11)17(26-25-16)9-18-20(30)13-8-15(24)19(29)14(21(13)33-18)10-27-3-5-28(6-4-27)22(31)32/h1-2,7-9,29H,3-6,10H2,(H,25,26)(H,31,32)/b18-9-. The van der Waals surface area contributed by atoms with Gasteiger partial charge in [-0.25, -0.2) is 4.79 Å². The van der Waals surface area contributed by atoms with Gasteiger partial charge in [0.2, 0.25) is 5.78 Å². The zero-order chi connectivity index (χ0) is 23.3. The number of phenolic OH excluding ortho intramolecular Hbond substituents is 1. The van der Waals surface area contributed by atoms with Crippen molar-refractivity contribution in [1.82, 2.24) is 20.0 Å². The van der Waals surface area contributed by atoms with E-state index in [1.165, 1.54) is 17.0 Å². The number of carbonyl (C=O) groups is 2. The maximum atomic E-state index is 13.1. The van der Waals surface area contributed by atoms with E-state index < -0.39 is 6.09 Å². The van der Waals surface area contributed by atoms with Crippen molar-refractivity contribution in [1.29, 1.82) is 0 Å². The number of hydrogen-bond donors (Lipinski definition) is 3. The van der Waals surface area contributed by atoms with Crippen molar-refractivity contribution in [3.05, 3.63) is 56.9 Å². The first-order chi connectivity index (χ1) is 15.8. The number of H-pyrrole nitrogens is 1. The van der Waals surface area contributed by atoms with Gasteiger partial charge in [0, 0.05) is 49.2 Å². The summed E-state index contributed by atoms with van der Waals surface area (Å²) in [5.41, 5.74) is 1.88. The lowest BCUT2D eigenvalue weighted by atomic mass is 10.0. The monoisotopic (exact) mass is 488 g/mol. The smallest absolute Gasteiger partial charge is 0.407 e. The molecule has 0 unspecified atom stereocenters. The number of phenols is 1. The van der Waals surface area contributed by atoms with Crippen LogP contribution >= 0.6 is 23.2 Å². The summed E-state index contributed by atoms with van der Waals surface area (Å²) in [5.74, 6) is -0.243. The van der Waals surface area contributed by atoms with Crippen molar-refractivity contribution in [3.63, 3.8) is 0 Å². The molecule has 0 spiro atoms. The lowest BCUT2D eigenvalue weighted by molar-refractivity contribution is 0.101. The van der Waals surface area contributed by atoms with E-state index in [9.17, 15) is 14.7 Å². The van der Waals surface area contributed by atoms with Gasteiger partial charge in [-0.3, -0.25) is 14.8 Å². The van der Waals surface area contributed by atoms with Gasteiger partial charge >= 0.3 is 6.09 Å². The Labute approximate surface area is 197 Å². The number of aromatic hydroxyl groups is 1. The number of carboxylic acid groups (broad SMARTS) is 1. The van der Waals surface area contributed by atoms with Gasteiger partial charge in [0.15, 0.2) is 5.76 Å². The van der Waals surface area contributed by atoms with E-state index in [0.29, 0.717) is 42.5 Å². The number of ketones is 1. The van der Waals surface area contributed by atoms with E-state index in [0.717, 1.165) is 10.9 Å². The predicted octanol–water partition coefficient (Wildman–Crippen LogP) is 3.99. The molecular weight excluding hydrogens is 471 g/mol. The first-order valence-electron chi connectivity index (χ1n) is 10.1. The number of hydrogen-bond acceptors (Lipinski definition) is 6. The van der Waals surface area contributed by atoms with Gasteiger partial charge in [0.05, 0.1) is 27.4 Å². The zero-order valence-electron chi connectivity index (χ0n) is 17.1. The Balaban J connectivity index is 1.46. The molecule has 3 N–H and O–H groups in total. The summed E-state index contributed by atoms with van der Waals surface area (Å²) in [4.78, 5) is 27.5. The largest absolute Gasteiger partial charge is 0.506 e. The molecular formula is C22H18Cl2N4O5. The average Bonchev–Trinajstić information content (AvgIpc) is 3.33. The molecule has 9 nitrogen and oxygen atoms in total. The molecule has 1 saturated heterocycles. The number of aromatic amines is 1. The van der Waals surface area contributed by atoms with Crippen LogP contribution in [0.3, 0.4) is 0 Å². The van der Waals surface area contributed by atoms with Crippen LogP contribution in [-0.4, -0.2) is 68.3 Å². The first-order valence-corrected chi connectivity index (χ1v) is 10.9. The molecule has 0 saturated carbocycles. The van der Waals surface area contributed by atoms with Crippen LogP contribution in [0.2, 0.25) is 10.0 Å². The number of fused-ring (bicyclic) bond motifs is 2. The normalized spacial score (nSPS) is 17.6. The minimum absolute atomic E-state index is 0.0446. The quantitative estimate of drug-likeness (QED) is 0.476. The third kappa shape index (κ3) is 3.88. The van der Waals surface area contributed by atoms with Crippen LogP contribution < -0.4 is 4.74 Å². The molecule has 5 rings (SSSR count). The second kappa shape index (κ2) is 8.26. The van der Waals surface area contributed by atoms with Crippen LogP contribution in [0.4, 0.5) is 4.79 Å². The second-order valence-electron chi connectivity index (χ2n) is 7.85. The third-order valence-electron chi connectivity index (χ3n) is 5.83. The highest BCUT2D eigenvalue weighted by atomic mass is 35.5. The van der Waals surface area contributed by atoms with Gasteiger partial charge in [-0.15, -0.1) is 0 Å². The van der Waals surface area contributed by atoms with Gasteiger partial charge in [-0.2, -0.15) is 5.10 Å². The number of piperazine rings is 1. The summed E-state index contributed by atoms with van der Waals surface area (Å²) in [6.45, 7) is 1.90. The number of benzene rings is 2. The Bertz CT molecular complexity index is 1330. The topological polar surface area (TPSA) is 119 Å². The fraction of sp³-hybridized carbons (Fsp3) is 0.227. The van der Waals surface area contributed by atoms with Crippen LogP contribution in [0.1, 0.15) is 21.6 Å². The molecule has 170 valence electrons. The van der Waals surface area contributed by atoms with E-state index in [4.69, 9.17) is 33.0 Å². The van der Waals surface area contributed by atoms with E-state index in [2.05, 4.69) is 10.2 Å². The molecule has 1 amide bonds. The van der Waals surface area contributed by atoms with E-state index >= 15 is 0 Å². The molecule has 33 heavy (non-hydrogen) atoms. The van der Waals surface area contributed by atoms with Crippen molar-refractivity contribution in [2.24, 2.45) is 0 Å². The van der Waals surface area contributed by atoms with Crippen LogP contribution in [0.5, 0.6) is 11.5 Å². The summed E-state index contributed by atoms with van der Waals surface area (Å²) in [6.07, 6.45) is 0.565. The number of ether oxygens (including phenoxy) is 1. The number of halogens is 2. The Hall–Kier alpha value is -3.27. The van der Waals surface area contributed by atoms with Crippen LogP contribution in [0.15, 0.2) is 30.0 Å². The van der Waals surface area contributed by atoms with E-state index in [-0.39, 0.29) is 40.2 Å². The lowest BCUT2D eigenvalue weighted by Crippen LogP contribution is -2.47. The number of Topliss-reactive ketones (excluding diaryl/α,β-unsaturated/α-hetero) is 1. The minimum atomic E-state index is -0.961. The molecule has 11 heteroatoms. The Kier molecular flexibility index (Phi) is 5.40. The maximum absolute atomic E-state index is 13.1. The molecule has 3 heterocycles. The lowest BCUT2D eigenvalue weighted by Gasteiger charge is -2.33. The highest BCUT2D eigenvalue weighted by molar-refractivity contribution is 6.33. The van der Waals surface area contributed by atoms with Gasteiger partial charge in [0.25, 0.3) is 0 Å². The number of nitrogens with one attached hydrogen (secondary N) is 1. The second-order valence-corrected chi connectivity index (χ2v) is 8.69. The maximum Gasteiger partial charge on any atom is 0.407 e. The van der Waals surface area contributed by atoms with Crippen molar-refractivity contribution in [3.8, 4) is 11.5 Å². The van der Waals surface area contributed by atoms with Crippen molar-refractivity contribution < 1.29 is 24.5 Å². The highest BCUT2D eigenvalue weighted by Gasteiger charge is 2.34. The number of carbonyl (C=O) groups excluding carboxylic acids is 1. The summed E-state index contributed by atoms with van der Waals surface area (Å²) >= 11 is 12.3. The van der Waals surface area contributed by atoms with E-state index in [1.54, 1.807) is 18.2 Å². The van der Waals surface area contributed by atoms with Crippen LogP contribution in [0.25, 0.3) is 17.0 Å². The fourth-order valence-corrected chi connectivity index (χ4v) is 4.45. The molecule has 0 aliphatic carbocycles. The van der Waals surface area contributed by atoms with Crippen molar-refractivity contribution in [2.45, 2.75) is 6.54 Å².